The van der Waals surface area contributed by atoms with E-state index in [0.717, 1.165) is 12.1 Å². The first kappa shape index (κ1) is 20.6. The summed E-state index contributed by atoms with van der Waals surface area (Å²) in [6.07, 6.45) is 0. The standard InChI is InChI=1S/C14H17F3N2O5S/c1-4-24-13(21)11(8(3)18)10-6-9(5-7(2)12(10)20)19-25(22,23)14(15,16)17/h5-6,19-20H,4,18H2,1-3H3. The molecule has 0 saturated carbocycles. The molecule has 0 amide bonds. The Kier molecular flexibility index (Phi) is 5.95. The van der Waals surface area contributed by atoms with Crippen molar-refractivity contribution >= 4 is 27.3 Å². The van der Waals surface area contributed by atoms with Crippen LogP contribution in [0.2, 0.25) is 0 Å². The number of nitrogens with two attached hydrogens (primary N) is 1. The van der Waals surface area contributed by atoms with Gasteiger partial charge in [0.1, 0.15) is 5.75 Å². The number of esters is 1. The van der Waals surface area contributed by atoms with Gasteiger partial charge in [0.05, 0.1) is 12.2 Å². The third-order valence-corrected chi connectivity index (χ3v) is 4.11. The number of hydrogen-bond donors (Lipinski definition) is 3. The van der Waals surface area contributed by atoms with E-state index in [9.17, 15) is 31.5 Å². The summed E-state index contributed by atoms with van der Waals surface area (Å²) in [6, 6.07) is 1.85. The molecule has 1 aromatic carbocycles. The van der Waals surface area contributed by atoms with E-state index in [1.807, 2.05) is 0 Å². The number of carbonyl (C=O) groups is 1. The Morgan fingerprint density at radius 3 is 2.36 bits per heavy atom. The number of ether oxygens (including phenoxy) is 1. The van der Waals surface area contributed by atoms with E-state index in [-0.39, 0.29) is 29.0 Å². The Morgan fingerprint density at radius 2 is 1.92 bits per heavy atom. The molecule has 0 unspecified atom stereocenters. The number of aromatic hydroxyl groups is 1. The lowest BCUT2D eigenvalue weighted by Gasteiger charge is -2.16. The second-order valence-corrected chi connectivity index (χ2v) is 6.69. The van der Waals surface area contributed by atoms with E-state index >= 15 is 0 Å². The number of sulfonamides is 1. The SMILES string of the molecule is CCOC(=O)C(=C(C)N)c1cc(NS(=O)(=O)C(F)(F)F)cc(C)c1O. The molecule has 0 fully saturated rings. The van der Waals surface area contributed by atoms with Crippen LogP contribution in [0.1, 0.15) is 25.0 Å². The highest BCUT2D eigenvalue weighted by molar-refractivity contribution is 7.93. The zero-order chi connectivity index (χ0) is 19.6. The molecule has 0 saturated heterocycles. The number of phenolic OH excluding ortho intramolecular Hbond substituents is 1. The van der Waals surface area contributed by atoms with Gasteiger partial charge in [-0.3, -0.25) is 4.72 Å². The maximum absolute atomic E-state index is 12.5. The molecule has 0 bridgehead atoms. The fraction of sp³-hybridized carbons (Fsp3) is 0.357. The van der Waals surface area contributed by atoms with Crippen molar-refractivity contribution in [2.24, 2.45) is 5.73 Å². The van der Waals surface area contributed by atoms with Gasteiger partial charge in [-0.15, -0.1) is 0 Å². The van der Waals surface area contributed by atoms with E-state index in [0.29, 0.717) is 0 Å². The summed E-state index contributed by atoms with van der Waals surface area (Å²) in [7, 11) is -5.67. The van der Waals surface area contributed by atoms with Crippen LogP contribution >= 0.6 is 0 Å². The van der Waals surface area contributed by atoms with Crippen LogP contribution < -0.4 is 10.5 Å². The molecule has 4 N–H and O–H groups in total. The minimum Gasteiger partial charge on any atom is -0.507 e. The van der Waals surface area contributed by atoms with Crippen LogP contribution in [0.5, 0.6) is 5.75 Å². The highest BCUT2D eigenvalue weighted by Gasteiger charge is 2.46. The number of nitrogens with one attached hydrogen (secondary N) is 1. The zero-order valence-corrected chi connectivity index (χ0v) is 14.4. The molecular weight excluding hydrogens is 365 g/mol. The van der Waals surface area contributed by atoms with Crippen LogP contribution in [0.15, 0.2) is 17.8 Å². The summed E-state index contributed by atoms with van der Waals surface area (Å²) >= 11 is 0. The van der Waals surface area contributed by atoms with Gasteiger partial charge in [0, 0.05) is 16.9 Å². The van der Waals surface area contributed by atoms with Crippen LogP contribution in [0.4, 0.5) is 18.9 Å². The zero-order valence-electron chi connectivity index (χ0n) is 13.6. The normalized spacial score (nSPS) is 13.2. The number of aryl methyl sites for hydroxylation is 1. The van der Waals surface area contributed by atoms with Gasteiger partial charge in [-0.2, -0.15) is 21.6 Å². The Hall–Kier alpha value is -2.43. The van der Waals surface area contributed by atoms with Crippen LogP contribution in [-0.2, 0) is 19.6 Å². The van der Waals surface area contributed by atoms with Crippen molar-refractivity contribution in [1.29, 1.82) is 0 Å². The monoisotopic (exact) mass is 382 g/mol. The number of allylic oxidation sites excluding steroid dienone is 1. The van der Waals surface area contributed by atoms with Gasteiger partial charge >= 0.3 is 21.5 Å². The third-order valence-electron chi connectivity index (χ3n) is 3.00. The number of hydrogen-bond acceptors (Lipinski definition) is 6. The predicted octanol–water partition coefficient (Wildman–Crippen LogP) is 2.21. The van der Waals surface area contributed by atoms with Crippen LogP contribution in [0, 0.1) is 6.92 Å². The summed E-state index contributed by atoms with van der Waals surface area (Å²) in [5, 5.41) is 10.1. The number of benzene rings is 1. The maximum Gasteiger partial charge on any atom is 0.516 e. The lowest BCUT2D eigenvalue weighted by Crippen LogP contribution is -2.30. The Morgan fingerprint density at radius 1 is 1.36 bits per heavy atom. The van der Waals surface area contributed by atoms with Gasteiger partial charge in [0.25, 0.3) is 0 Å². The van der Waals surface area contributed by atoms with Crippen molar-refractivity contribution in [3.05, 3.63) is 29.0 Å². The van der Waals surface area contributed by atoms with E-state index < -0.39 is 32.9 Å². The number of carbonyl (C=O) groups excluding carboxylic acids is 1. The van der Waals surface area contributed by atoms with Crippen molar-refractivity contribution in [2.75, 3.05) is 11.3 Å². The number of halogens is 3. The van der Waals surface area contributed by atoms with E-state index in [4.69, 9.17) is 10.5 Å². The molecule has 0 spiro atoms. The molecule has 7 nitrogen and oxygen atoms in total. The van der Waals surface area contributed by atoms with Gasteiger partial charge in [-0.1, -0.05) is 0 Å². The smallest absolute Gasteiger partial charge is 0.507 e. The fourth-order valence-corrected chi connectivity index (χ4v) is 2.47. The summed E-state index contributed by atoms with van der Waals surface area (Å²) in [5.41, 5.74) is -0.977. The molecule has 0 radical (unpaired) electrons. The summed E-state index contributed by atoms with van der Waals surface area (Å²) < 4.78 is 66.2. The molecule has 0 aromatic heterocycles. The van der Waals surface area contributed by atoms with E-state index in [1.54, 1.807) is 0 Å². The van der Waals surface area contributed by atoms with Crippen molar-refractivity contribution < 1.29 is 36.2 Å². The van der Waals surface area contributed by atoms with Gasteiger partial charge in [-0.05, 0) is 38.5 Å². The van der Waals surface area contributed by atoms with Crippen LogP contribution in [-0.4, -0.2) is 31.6 Å². The summed E-state index contributed by atoms with van der Waals surface area (Å²) in [5.74, 6) is -1.35. The molecule has 1 aromatic rings. The number of alkyl halides is 3. The Bertz CT molecular complexity index is 812. The highest BCUT2D eigenvalue weighted by atomic mass is 32.2. The van der Waals surface area contributed by atoms with Crippen molar-refractivity contribution in [2.45, 2.75) is 26.3 Å². The van der Waals surface area contributed by atoms with Crippen molar-refractivity contribution in [1.82, 2.24) is 0 Å². The molecule has 140 valence electrons. The molecule has 0 aliphatic heterocycles. The van der Waals surface area contributed by atoms with Gasteiger partial charge in [0.15, 0.2) is 0 Å². The topological polar surface area (TPSA) is 119 Å². The van der Waals surface area contributed by atoms with Crippen LogP contribution in [0.3, 0.4) is 0 Å². The lowest BCUT2D eigenvalue weighted by atomic mass is 9.99. The first-order valence-electron chi connectivity index (χ1n) is 6.88. The second kappa shape index (κ2) is 7.21. The van der Waals surface area contributed by atoms with Gasteiger partial charge < -0.3 is 15.6 Å². The molecule has 25 heavy (non-hydrogen) atoms. The molecule has 1 rings (SSSR count). The Labute approximate surface area is 142 Å². The maximum atomic E-state index is 12.5. The van der Waals surface area contributed by atoms with Gasteiger partial charge in [-0.25, -0.2) is 4.79 Å². The lowest BCUT2D eigenvalue weighted by molar-refractivity contribution is -0.136. The Balaban J connectivity index is 3.52. The predicted molar refractivity (Wildman–Crippen MR) is 84.9 cm³/mol. The molecule has 0 heterocycles. The number of phenols is 1. The molecule has 11 heteroatoms. The first-order valence-corrected chi connectivity index (χ1v) is 8.36. The summed E-state index contributed by atoms with van der Waals surface area (Å²) in [6.45, 7) is 4.17. The second-order valence-electron chi connectivity index (χ2n) is 5.02. The van der Waals surface area contributed by atoms with Gasteiger partial charge in [0.2, 0.25) is 0 Å². The minimum atomic E-state index is -5.67. The quantitative estimate of drug-likeness (QED) is 0.408. The average Bonchev–Trinajstić information content (AvgIpc) is 2.42. The van der Waals surface area contributed by atoms with Crippen LogP contribution in [0.25, 0.3) is 5.57 Å². The minimum absolute atomic E-state index is 0.00422. The highest BCUT2D eigenvalue weighted by Crippen LogP contribution is 2.35. The third kappa shape index (κ3) is 4.56. The van der Waals surface area contributed by atoms with Crippen molar-refractivity contribution in [3.8, 4) is 5.75 Å². The van der Waals surface area contributed by atoms with E-state index in [2.05, 4.69) is 0 Å². The largest absolute Gasteiger partial charge is 0.516 e. The molecule has 0 atom stereocenters. The molecular formula is C14H17F3N2O5S. The summed E-state index contributed by atoms with van der Waals surface area (Å²) in [4.78, 5) is 12.0. The number of anilines is 1. The number of rotatable bonds is 5. The average molecular weight is 382 g/mol. The van der Waals surface area contributed by atoms with Crippen molar-refractivity contribution in [3.63, 3.8) is 0 Å². The molecule has 0 aliphatic carbocycles. The van der Waals surface area contributed by atoms with E-state index in [1.165, 1.54) is 25.5 Å². The fourth-order valence-electron chi connectivity index (χ4n) is 1.93. The molecule has 0 aliphatic rings. The first-order chi connectivity index (χ1) is 11.3.